The number of hydrogen-bond acceptors (Lipinski definition) is 6. The molecule has 1 amide bonds. The second-order valence-electron chi connectivity index (χ2n) is 6.62. The van der Waals surface area contributed by atoms with Crippen molar-refractivity contribution in [2.45, 2.75) is 13.3 Å². The first-order valence-corrected chi connectivity index (χ1v) is 10.6. The van der Waals surface area contributed by atoms with Crippen LogP contribution in [-0.4, -0.2) is 33.2 Å². The lowest BCUT2D eigenvalue weighted by atomic mass is 10.1. The summed E-state index contributed by atoms with van der Waals surface area (Å²) >= 11 is 1.27. The van der Waals surface area contributed by atoms with E-state index >= 15 is 0 Å². The molecule has 4 rings (SSSR count). The molecule has 0 spiro atoms. The fourth-order valence-corrected chi connectivity index (χ4v) is 3.80. The number of carbonyl (C=O) groups is 2. The van der Waals surface area contributed by atoms with E-state index in [9.17, 15) is 9.59 Å². The quantitative estimate of drug-likeness (QED) is 0.439. The van der Waals surface area contributed by atoms with Crippen molar-refractivity contribution in [1.82, 2.24) is 14.8 Å². The van der Waals surface area contributed by atoms with E-state index < -0.39 is 0 Å². The first kappa shape index (κ1) is 20.5. The van der Waals surface area contributed by atoms with Gasteiger partial charge < -0.3 is 4.74 Å². The third-order valence-electron chi connectivity index (χ3n) is 4.47. The Hall–Kier alpha value is -3.78. The number of aromatic nitrogens is 3. The lowest BCUT2D eigenvalue weighted by Crippen LogP contribution is -2.13. The van der Waals surface area contributed by atoms with Crippen LogP contribution in [0.5, 0.6) is 0 Å². The highest BCUT2D eigenvalue weighted by Gasteiger charge is 2.14. The molecule has 0 unspecified atom stereocenters. The van der Waals surface area contributed by atoms with Crippen LogP contribution in [0.2, 0.25) is 0 Å². The number of amides is 1. The Balaban J connectivity index is 1.51. The van der Waals surface area contributed by atoms with Crippen LogP contribution in [0.25, 0.3) is 16.9 Å². The molecule has 2 aromatic heterocycles. The van der Waals surface area contributed by atoms with E-state index in [1.165, 1.54) is 11.3 Å². The van der Waals surface area contributed by atoms with Crippen molar-refractivity contribution in [3.05, 3.63) is 83.5 Å². The Labute approximate surface area is 183 Å². The molecule has 4 aromatic rings. The zero-order chi connectivity index (χ0) is 21.6. The molecule has 31 heavy (non-hydrogen) atoms. The number of carbonyl (C=O) groups excluding carboxylic acids is 2. The van der Waals surface area contributed by atoms with Crippen LogP contribution < -0.4 is 5.32 Å². The highest BCUT2D eigenvalue weighted by atomic mass is 32.1. The molecule has 1 N–H and O–H groups in total. The van der Waals surface area contributed by atoms with Crippen LogP contribution in [0.15, 0.2) is 72.2 Å². The molecule has 156 valence electrons. The number of nitrogens with zero attached hydrogens (tertiary/aromatic N) is 3. The molecule has 0 fully saturated rings. The molecule has 0 saturated heterocycles. The predicted octanol–water partition coefficient (Wildman–Crippen LogP) is 4.35. The van der Waals surface area contributed by atoms with Gasteiger partial charge in [0, 0.05) is 16.5 Å². The zero-order valence-electron chi connectivity index (χ0n) is 16.8. The number of ether oxygens (including phenoxy) is 1. The van der Waals surface area contributed by atoms with Gasteiger partial charge in [-0.25, -0.2) is 9.67 Å². The van der Waals surface area contributed by atoms with E-state index in [-0.39, 0.29) is 18.3 Å². The first-order chi connectivity index (χ1) is 15.1. The molecule has 0 atom stereocenters. The van der Waals surface area contributed by atoms with Crippen LogP contribution in [0.3, 0.4) is 0 Å². The van der Waals surface area contributed by atoms with Gasteiger partial charge in [-0.15, -0.1) is 11.3 Å². The maximum atomic E-state index is 12.8. The van der Waals surface area contributed by atoms with Crippen LogP contribution in [0, 0.1) is 0 Å². The molecule has 0 aliphatic heterocycles. The van der Waals surface area contributed by atoms with E-state index in [1.807, 2.05) is 48.5 Å². The van der Waals surface area contributed by atoms with Gasteiger partial charge in [-0.05, 0) is 31.2 Å². The van der Waals surface area contributed by atoms with Gasteiger partial charge in [-0.1, -0.05) is 36.4 Å². The summed E-state index contributed by atoms with van der Waals surface area (Å²) in [5.41, 5.74) is 3.79. The van der Waals surface area contributed by atoms with Crippen molar-refractivity contribution in [2.75, 3.05) is 11.9 Å². The normalized spacial score (nSPS) is 10.6. The molecule has 0 aliphatic rings. The lowest BCUT2D eigenvalue weighted by Gasteiger charge is -2.09. The van der Waals surface area contributed by atoms with E-state index in [0.29, 0.717) is 23.0 Å². The van der Waals surface area contributed by atoms with Crippen molar-refractivity contribution in [2.24, 2.45) is 0 Å². The minimum Gasteiger partial charge on any atom is -0.466 e. The van der Waals surface area contributed by atoms with Gasteiger partial charge in [0.25, 0.3) is 5.91 Å². The number of rotatable bonds is 7. The molecule has 0 bridgehead atoms. The number of anilines is 1. The second kappa shape index (κ2) is 9.36. The Morgan fingerprint density at radius 2 is 1.94 bits per heavy atom. The summed E-state index contributed by atoms with van der Waals surface area (Å²) in [6.45, 7) is 2.08. The number of benzene rings is 2. The van der Waals surface area contributed by atoms with Gasteiger partial charge in [0.1, 0.15) is 0 Å². The van der Waals surface area contributed by atoms with Crippen LogP contribution in [0.4, 0.5) is 5.13 Å². The Morgan fingerprint density at radius 3 is 2.74 bits per heavy atom. The standard InChI is InChI=1S/C23H20N4O3S/c1-2-30-21(28)14-18-15-31-23(25-18)26-22(29)17-9-6-10-19(13-17)27-20(11-12-24-27)16-7-4-3-5-8-16/h3-13,15H,2,14H2,1H3,(H,25,26,29). The van der Waals surface area contributed by atoms with Gasteiger partial charge in [0.05, 0.1) is 36.3 Å². The summed E-state index contributed by atoms with van der Waals surface area (Å²) in [5, 5.41) is 9.38. The highest BCUT2D eigenvalue weighted by molar-refractivity contribution is 7.14. The topological polar surface area (TPSA) is 86.1 Å². The molecule has 0 aliphatic carbocycles. The number of esters is 1. The first-order valence-electron chi connectivity index (χ1n) is 9.75. The molecule has 0 saturated carbocycles. The summed E-state index contributed by atoms with van der Waals surface area (Å²) in [4.78, 5) is 28.6. The average molecular weight is 433 g/mol. The van der Waals surface area contributed by atoms with Crippen molar-refractivity contribution >= 4 is 28.3 Å². The van der Waals surface area contributed by atoms with Gasteiger partial charge in [-0.2, -0.15) is 5.10 Å². The van der Waals surface area contributed by atoms with E-state index in [1.54, 1.807) is 35.3 Å². The molecule has 7 nitrogen and oxygen atoms in total. The van der Waals surface area contributed by atoms with E-state index in [2.05, 4.69) is 15.4 Å². The van der Waals surface area contributed by atoms with Crippen LogP contribution in [-0.2, 0) is 16.0 Å². The van der Waals surface area contributed by atoms with Crippen LogP contribution >= 0.6 is 11.3 Å². The molecule has 2 aromatic carbocycles. The number of thiazole rings is 1. The van der Waals surface area contributed by atoms with Gasteiger partial charge in [0.15, 0.2) is 5.13 Å². The maximum Gasteiger partial charge on any atom is 0.311 e. The summed E-state index contributed by atoms with van der Waals surface area (Å²) in [5.74, 6) is -0.626. The minimum atomic E-state index is -0.341. The monoisotopic (exact) mass is 432 g/mol. The zero-order valence-corrected chi connectivity index (χ0v) is 17.6. The van der Waals surface area contributed by atoms with E-state index in [0.717, 1.165) is 16.9 Å². The largest absolute Gasteiger partial charge is 0.466 e. The lowest BCUT2D eigenvalue weighted by molar-refractivity contribution is -0.142. The molecule has 0 radical (unpaired) electrons. The smallest absolute Gasteiger partial charge is 0.311 e. The number of nitrogens with one attached hydrogen (secondary N) is 1. The van der Waals surface area contributed by atoms with Gasteiger partial charge in [-0.3, -0.25) is 14.9 Å². The SMILES string of the molecule is CCOC(=O)Cc1csc(NC(=O)c2cccc(-n3nccc3-c3ccccc3)c2)n1. The minimum absolute atomic E-state index is 0.0806. The van der Waals surface area contributed by atoms with Gasteiger partial charge in [0.2, 0.25) is 0 Å². The van der Waals surface area contributed by atoms with E-state index in [4.69, 9.17) is 4.74 Å². The second-order valence-corrected chi connectivity index (χ2v) is 7.48. The summed E-state index contributed by atoms with van der Waals surface area (Å²) < 4.78 is 6.72. The molecule has 2 heterocycles. The number of hydrogen-bond donors (Lipinski definition) is 1. The summed E-state index contributed by atoms with van der Waals surface area (Å²) in [6, 6.07) is 19.1. The fourth-order valence-electron chi connectivity index (χ4n) is 3.09. The summed E-state index contributed by atoms with van der Waals surface area (Å²) in [7, 11) is 0. The van der Waals surface area contributed by atoms with Crippen molar-refractivity contribution in [1.29, 1.82) is 0 Å². The Bertz CT molecular complexity index is 1200. The average Bonchev–Trinajstić information content (AvgIpc) is 3.44. The summed E-state index contributed by atoms with van der Waals surface area (Å²) in [6.07, 6.45) is 1.81. The predicted molar refractivity (Wildman–Crippen MR) is 119 cm³/mol. The molecule has 8 heteroatoms. The maximum absolute atomic E-state index is 12.8. The molecular weight excluding hydrogens is 412 g/mol. The third kappa shape index (κ3) is 4.87. The third-order valence-corrected chi connectivity index (χ3v) is 5.27. The molecular formula is C23H20N4O3S. The van der Waals surface area contributed by atoms with Crippen molar-refractivity contribution in [3.63, 3.8) is 0 Å². The fraction of sp³-hybridized carbons (Fsp3) is 0.130. The Morgan fingerprint density at radius 1 is 1.10 bits per heavy atom. The van der Waals surface area contributed by atoms with Gasteiger partial charge >= 0.3 is 5.97 Å². The van der Waals surface area contributed by atoms with Crippen molar-refractivity contribution < 1.29 is 14.3 Å². The highest BCUT2D eigenvalue weighted by Crippen LogP contribution is 2.23. The van der Waals surface area contributed by atoms with Crippen molar-refractivity contribution in [3.8, 4) is 16.9 Å². The Kier molecular flexibility index (Phi) is 6.18. The van der Waals surface area contributed by atoms with Crippen LogP contribution in [0.1, 0.15) is 23.0 Å².